The molecule has 1 N–H and O–H groups in total. The van der Waals surface area contributed by atoms with Crippen LogP contribution >= 0.6 is 0 Å². The number of alkyl halides is 3. The molecule has 1 aromatic carbocycles. The molecule has 1 rings (SSSR count). The molecule has 0 aliphatic rings. The van der Waals surface area contributed by atoms with Gasteiger partial charge in [0.05, 0.1) is 6.10 Å². The van der Waals surface area contributed by atoms with Crippen molar-refractivity contribution in [2.75, 3.05) is 11.4 Å². The van der Waals surface area contributed by atoms with E-state index in [1.165, 1.54) is 19.9 Å². The summed E-state index contributed by atoms with van der Waals surface area (Å²) in [6.07, 6.45) is -5.42. The zero-order valence-corrected chi connectivity index (χ0v) is 11.9. The van der Waals surface area contributed by atoms with E-state index in [4.69, 9.17) is 0 Å². The van der Waals surface area contributed by atoms with E-state index in [9.17, 15) is 22.7 Å². The summed E-state index contributed by atoms with van der Waals surface area (Å²) in [6, 6.07) is 2.02. The molecule has 0 aliphatic heterocycles. The van der Waals surface area contributed by atoms with Crippen LogP contribution in [0.15, 0.2) is 12.1 Å². The molecule has 0 aromatic heterocycles. The molecule has 0 aliphatic carbocycles. The molecule has 0 radical (unpaired) electrons. The van der Waals surface area contributed by atoms with Gasteiger partial charge in [0, 0.05) is 17.3 Å². The van der Waals surface area contributed by atoms with E-state index in [1.807, 2.05) is 0 Å². The number of benzene rings is 1. The predicted molar refractivity (Wildman–Crippen MR) is 70.3 cm³/mol. The Morgan fingerprint density at radius 3 is 2.15 bits per heavy atom. The topological polar surface area (TPSA) is 23.5 Å². The first-order valence-corrected chi connectivity index (χ1v) is 6.34. The molecule has 1 atom stereocenters. The first-order valence-electron chi connectivity index (χ1n) is 6.34. The Morgan fingerprint density at radius 2 is 1.75 bits per heavy atom. The third kappa shape index (κ3) is 4.10. The van der Waals surface area contributed by atoms with Crippen molar-refractivity contribution in [1.29, 1.82) is 0 Å². The smallest absolute Gasteiger partial charge is 0.389 e. The fraction of sp³-hybridized carbons (Fsp3) is 0.571. The maximum atomic E-state index is 13.6. The van der Waals surface area contributed by atoms with Crippen molar-refractivity contribution in [3.05, 3.63) is 29.1 Å². The Balaban J connectivity index is 3.35. The Labute approximate surface area is 116 Å². The van der Waals surface area contributed by atoms with Crippen LogP contribution in [0.25, 0.3) is 0 Å². The van der Waals surface area contributed by atoms with Crippen LogP contribution in [0.3, 0.4) is 0 Å². The van der Waals surface area contributed by atoms with Gasteiger partial charge in [-0.1, -0.05) is 0 Å². The molecule has 20 heavy (non-hydrogen) atoms. The molecule has 0 heterocycles. The number of aliphatic hydroxyl groups excluding tert-OH is 1. The molecule has 2 nitrogen and oxygen atoms in total. The lowest BCUT2D eigenvalue weighted by Crippen LogP contribution is -2.40. The number of nitrogens with zero attached hydrogens (tertiary/aromatic N) is 1. The summed E-state index contributed by atoms with van der Waals surface area (Å²) in [7, 11) is 0. The minimum atomic E-state index is -4.37. The second-order valence-corrected chi connectivity index (χ2v) is 5.17. The molecule has 0 fully saturated rings. The molecule has 0 spiro atoms. The number of hydrogen-bond donors (Lipinski definition) is 1. The van der Waals surface area contributed by atoms with Crippen LogP contribution in [0.5, 0.6) is 0 Å². The Bertz CT molecular complexity index is 469. The van der Waals surface area contributed by atoms with Gasteiger partial charge in [-0.15, -0.1) is 0 Å². The van der Waals surface area contributed by atoms with Crippen molar-refractivity contribution >= 4 is 5.69 Å². The number of rotatable bonds is 4. The van der Waals surface area contributed by atoms with E-state index >= 15 is 0 Å². The Morgan fingerprint density at radius 1 is 1.20 bits per heavy atom. The molecule has 0 bridgehead atoms. The minimum absolute atomic E-state index is 0.158. The molecule has 1 aromatic rings. The van der Waals surface area contributed by atoms with Crippen molar-refractivity contribution in [3.63, 3.8) is 0 Å². The van der Waals surface area contributed by atoms with E-state index in [1.54, 1.807) is 13.8 Å². The van der Waals surface area contributed by atoms with Gasteiger partial charge < -0.3 is 10.0 Å². The number of aryl methyl sites for hydroxylation is 1. The van der Waals surface area contributed by atoms with Gasteiger partial charge in [0.15, 0.2) is 0 Å². The summed E-state index contributed by atoms with van der Waals surface area (Å²) < 4.78 is 51.6. The highest BCUT2D eigenvalue weighted by Crippen LogP contribution is 2.32. The zero-order chi connectivity index (χ0) is 15.7. The predicted octanol–water partition coefficient (Wildman–Crippen LogP) is 3.96. The average Bonchev–Trinajstić information content (AvgIpc) is 2.27. The summed E-state index contributed by atoms with van der Waals surface area (Å²) in [5.74, 6) is -0.541. The van der Waals surface area contributed by atoms with Crippen LogP contribution < -0.4 is 4.90 Å². The summed E-state index contributed by atoms with van der Waals surface area (Å²) >= 11 is 0. The quantitative estimate of drug-likeness (QED) is 0.849. The normalized spacial score (nSPS) is 13.7. The van der Waals surface area contributed by atoms with Crippen LogP contribution in [-0.2, 0) is 0 Å². The number of hydrogen-bond acceptors (Lipinski definition) is 2. The Kier molecular flexibility index (Phi) is 5.02. The lowest BCUT2D eigenvalue weighted by molar-refractivity contribution is -0.120. The van der Waals surface area contributed by atoms with Gasteiger partial charge in [-0.3, -0.25) is 0 Å². The molecule has 0 saturated carbocycles. The summed E-state index contributed by atoms with van der Waals surface area (Å²) in [5, 5.41) is 9.67. The van der Waals surface area contributed by atoms with E-state index in [-0.39, 0.29) is 16.8 Å². The maximum Gasteiger partial charge on any atom is 0.405 e. The highest BCUT2D eigenvalue weighted by atomic mass is 19.4. The number of anilines is 1. The zero-order valence-electron chi connectivity index (χ0n) is 11.9. The van der Waals surface area contributed by atoms with Gasteiger partial charge >= 0.3 is 6.18 Å². The third-order valence-corrected chi connectivity index (χ3v) is 3.04. The van der Waals surface area contributed by atoms with Crippen molar-refractivity contribution in [1.82, 2.24) is 0 Å². The SMILES string of the molecule is Cc1cc(N(CC(F)(F)F)C(C)C)c([C@H](C)O)cc1F. The monoisotopic (exact) mass is 293 g/mol. The number of aliphatic hydroxyl groups is 1. The summed E-state index contributed by atoms with van der Waals surface area (Å²) in [5.41, 5.74) is 0.620. The van der Waals surface area contributed by atoms with Crippen LogP contribution in [0.4, 0.5) is 23.2 Å². The van der Waals surface area contributed by atoms with Gasteiger partial charge in [-0.25, -0.2) is 4.39 Å². The molecular weight excluding hydrogens is 274 g/mol. The second-order valence-electron chi connectivity index (χ2n) is 5.17. The molecule has 114 valence electrons. The van der Waals surface area contributed by atoms with Crippen molar-refractivity contribution in [2.24, 2.45) is 0 Å². The number of halogens is 4. The highest BCUT2D eigenvalue weighted by Gasteiger charge is 2.33. The molecule has 0 saturated heterocycles. The average molecular weight is 293 g/mol. The highest BCUT2D eigenvalue weighted by molar-refractivity contribution is 5.57. The lowest BCUT2D eigenvalue weighted by atomic mass is 10.0. The van der Waals surface area contributed by atoms with E-state index in [2.05, 4.69) is 0 Å². The van der Waals surface area contributed by atoms with Gasteiger partial charge in [-0.2, -0.15) is 13.2 Å². The van der Waals surface area contributed by atoms with Gasteiger partial charge in [0.25, 0.3) is 0 Å². The summed E-state index contributed by atoms with van der Waals surface area (Å²) in [6.45, 7) is 4.98. The van der Waals surface area contributed by atoms with E-state index < -0.39 is 30.7 Å². The fourth-order valence-electron chi connectivity index (χ4n) is 2.00. The Hall–Kier alpha value is -1.30. The van der Waals surface area contributed by atoms with Crippen molar-refractivity contribution in [3.8, 4) is 0 Å². The molecule has 0 amide bonds. The van der Waals surface area contributed by atoms with Gasteiger partial charge in [0.1, 0.15) is 12.4 Å². The lowest BCUT2D eigenvalue weighted by Gasteiger charge is -2.32. The molecule has 6 heteroatoms. The van der Waals surface area contributed by atoms with Crippen LogP contribution in [0.1, 0.15) is 38.0 Å². The van der Waals surface area contributed by atoms with Crippen LogP contribution in [-0.4, -0.2) is 23.9 Å². The van der Waals surface area contributed by atoms with E-state index in [0.717, 1.165) is 11.0 Å². The van der Waals surface area contributed by atoms with Crippen molar-refractivity contribution < 1.29 is 22.7 Å². The summed E-state index contributed by atoms with van der Waals surface area (Å²) in [4.78, 5) is 1.12. The maximum absolute atomic E-state index is 13.6. The first kappa shape index (κ1) is 16.8. The van der Waals surface area contributed by atoms with Gasteiger partial charge in [-0.05, 0) is 45.4 Å². The molecular formula is C14H19F4NO. The van der Waals surface area contributed by atoms with Crippen LogP contribution in [0.2, 0.25) is 0 Å². The fourth-order valence-corrected chi connectivity index (χ4v) is 2.00. The first-order chi connectivity index (χ1) is 9.03. The minimum Gasteiger partial charge on any atom is -0.389 e. The standard InChI is InChI=1S/C14H19F4NO/c1-8(2)19(7-14(16,17)18)13-5-9(3)12(15)6-11(13)10(4)20/h5-6,8,10,20H,7H2,1-4H3/t10-/m0/s1. The third-order valence-electron chi connectivity index (χ3n) is 3.04. The molecule has 0 unspecified atom stereocenters. The van der Waals surface area contributed by atoms with Gasteiger partial charge in [0.2, 0.25) is 0 Å². The largest absolute Gasteiger partial charge is 0.405 e. The second kappa shape index (κ2) is 5.99. The van der Waals surface area contributed by atoms with Crippen molar-refractivity contribution in [2.45, 2.75) is 46.0 Å². The van der Waals surface area contributed by atoms with E-state index in [0.29, 0.717) is 0 Å². The van der Waals surface area contributed by atoms with Crippen LogP contribution in [0, 0.1) is 12.7 Å².